The molecule has 1 saturated heterocycles. The van der Waals surface area contributed by atoms with E-state index in [1.807, 2.05) is 18.2 Å². The second-order valence-electron chi connectivity index (χ2n) is 6.36. The van der Waals surface area contributed by atoms with Gasteiger partial charge in [0.15, 0.2) is 0 Å². The molecule has 23 heavy (non-hydrogen) atoms. The van der Waals surface area contributed by atoms with Crippen LogP contribution in [0.1, 0.15) is 24.8 Å². The number of hydrogen-bond acceptors (Lipinski definition) is 4. The maximum Gasteiger partial charge on any atom is 0.213 e. The molecule has 2 fully saturated rings. The molecule has 0 aromatic carbocycles. The number of rotatable bonds is 3. The summed E-state index contributed by atoms with van der Waals surface area (Å²) in [6.07, 6.45) is 5.77. The minimum absolute atomic E-state index is 0.0756. The highest BCUT2D eigenvalue weighted by Crippen LogP contribution is 2.43. The van der Waals surface area contributed by atoms with E-state index in [9.17, 15) is 9.50 Å². The molecule has 3 aliphatic rings. The summed E-state index contributed by atoms with van der Waals surface area (Å²) >= 11 is 0. The van der Waals surface area contributed by atoms with Gasteiger partial charge in [0.1, 0.15) is 12.3 Å². The van der Waals surface area contributed by atoms with Gasteiger partial charge in [-0.05, 0) is 30.6 Å². The van der Waals surface area contributed by atoms with Gasteiger partial charge in [0, 0.05) is 30.2 Å². The summed E-state index contributed by atoms with van der Waals surface area (Å²) in [6.45, 7) is 1.34. The van der Waals surface area contributed by atoms with Crippen LogP contribution < -0.4 is 4.74 Å². The number of halogens is 1. The van der Waals surface area contributed by atoms with Gasteiger partial charge in [-0.15, -0.1) is 0 Å². The second-order valence-corrected chi connectivity index (χ2v) is 6.36. The Labute approximate surface area is 134 Å². The fourth-order valence-electron chi connectivity index (χ4n) is 3.68. The van der Waals surface area contributed by atoms with Crippen molar-refractivity contribution >= 4 is 5.57 Å². The number of pyridine rings is 1. The van der Waals surface area contributed by atoms with Crippen molar-refractivity contribution in [1.82, 2.24) is 4.98 Å². The van der Waals surface area contributed by atoms with Crippen molar-refractivity contribution < 1.29 is 19.0 Å². The van der Waals surface area contributed by atoms with Crippen LogP contribution in [0, 0.1) is 5.92 Å². The number of aliphatic hydroxyl groups is 1. The normalized spacial score (nSPS) is 33.1. The van der Waals surface area contributed by atoms with E-state index in [1.54, 1.807) is 6.20 Å². The second kappa shape index (κ2) is 6.06. The molecule has 5 heteroatoms. The Kier molecular flexibility index (Phi) is 3.91. The van der Waals surface area contributed by atoms with Gasteiger partial charge in [-0.3, -0.25) is 0 Å². The number of aliphatic hydroxyl groups excluding tert-OH is 1. The van der Waals surface area contributed by atoms with Crippen molar-refractivity contribution in [2.24, 2.45) is 5.92 Å². The molecule has 0 bridgehead atoms. The van der Waals surface area contributed by atoms with Gasteiger partial charge < -0.3 is 14.6 Å². The predicted octanol–water partition coefficient (Wildman–Crippen LogP) is 2.68. The van der Waals surface area contributed by atoms with Gasteiger partial charge in [-0.1, -0.05) is 11.6 Å². The summed E-state index contributed by atoms with van der Waals surface area (Å²) in [5, 5.41) is 10.0. The largest absolute Gasteiger partial charge is 0.472 e. The lowest BCUT2D eigenvalue weighted by Crippen LogP contribution is -2.26. The highest BCUT2D eigenvalue weighted by molar-refractivity contribution is 5.78. The molecule has 0 radical (unpaired) electrons. The monoisotopic (exact) mass is 317 g/mol. The summed E-state index contributed by atoms with van der Waals surface area (Å²) < 4.78 is 25.1. The zero-order valence-corrected chi connectivity index (χ0v) is 12.8. The lowest BCUT2D eigenvalue weighted by molar-refractivity contribution is 0.107. The molecule has 122 valence electrons. The van der Waals surface area contributed by atoms with Crippen LogP contribution in [-0.2, 0) is 4.74 Å². The Morgan fingerprint density at radius 3 is 2.96 bits per heavy atom. The Hall–Kier alpha value is -1.72. The summed E-state index contributed by atoms with van der Waals surface area (Å²) in [6, 6.07) is 3.79. The van der Waals surface area contributed by atoms with Crippen LogP contribution >= 0.6 is 0 Å². The Morgan fingerprint density at radius 2 is 2.22 bits per heavy atom. The maximum atomic E-state index is 14.0. The molecule has 0 spiro atoms. The first-order valence-corrected chi connectivity index (χ1v) is 8.16. The molecule has 2 heterocycles. The lowest BCUT2D eigenvalue weighted by atomic mass is 9.85. The topological polar surface area (TPSA) is 51.6 Å². The predicted molar refractivity (Wildman–Crippen MR) is 83.8 cm³/mol. The fraction of sp³-hybridized carbons (Fsp3) is 0.500. The smallest absolute Gasteiger partial charge is 0.213 e. The number of ether oxygens (including phenoxy) is 2. The summed E-state index contributed by atoms with van der Waals surface area (Å²) in [4.78, 5) is 4.37. The quantitative estimate of drug-likeness (QED) is 0.931. The Balaban J connectivity index is 1.56. The highest BCUT2D eigenvalue weighted by atomic mass is 19.1. The third kappa shape index (κ3) is 2.79. The number of alkyl halides is 1. The molecule has 1 aliphatic heterocycles. The molecular formula is C18H20FNO3. The molecule has 0 amide bonds. The molecule has 4 atom stereocenters. The van der Waals surface area contributed by atoms with Crippen molar-refractivity contribution in [3.8, 4) is 5.88 Å². The Bertz CT molecular complexity index is 634. The van der Waals surface area contributed by atoms with Crippen molar-refractivity contribution in [1.29, 1.82) is 0 Å². The molecule has 1 saturated carbocycles. The molecule has 4 nitrogen and oxygen atoms in total. The molecule has 1 unspecified atom stereocenters. The van der Waals surface area contributed by atoms with Gasteiger partial charge in [0.05, 0.1) is 19.3 Å². The lowest BCUT2D eigenvalue weighted by Gasteiger charge is -2.24. The van der Waals surface area contributed by atoms with Crippen molar-refractivity contribution in [3.05, 3.63) is 41.6 Å². The number of fused-ring (bicyclic) bond motifs is 1. The van der Waals surface area contributed by atoms with E-state index in [1.165, 1.54) is 6.08 Å². The van der Waals surface area contributed by atoms with Crippen LogP contribution in [-0.4, -0.2) is 41.7 Å². The van der Waals surface area contributed by atoms with Crippen LogP contribution in [0.3, 0.4) is 0 Å². The van der Waals surface area contributed by atoms with E-state index >= 15 is 0 Å². The number of nitrogens with zero attached hydrogens (tertiary/aromatic N) is 1. The van der Waals surface area contributed by atoms with Crippen LogP contribution in [0.15, 0.2) is 36.1 Å². The molecule has 1 N–H and O–H groups in total. The fourth-order valence-corrected chi connectivity index (χ4v) is 3.68. The van der Waals surface area contributed by atoms with Crippen LogP contribution in [0.25, 0.3) is 5.57 Å². The summed E-state index contributed by atoms with van der Waals surface area (Å²) in [5.41, 5.74) is 2.94. The molecule has 1 aromatic rings. The van der Waals surface area contributed by atoms with E-state index in [2.05, 4.69) is 4.98 Å². The van der Waals surface area contributed by atoms with E-state index in [-0.39, 0.29) is 6.10 Å². The number of allylic oxidation sites excluding steroid dienone is 3. The van der Waals surface area contributed by atoms with E-state index in [0.717, 1.165) is 36.2 Å². The summed E-state index contributed by atoms with van der Waals surface area (Å²) in [7, 11) is 0. The average Bonchev–Trinajstić information content (AvgIpc) is 3.19. The third-order valence-corrected chi connectivity index (χ3v) is 4.88. The average molecular weight is 317 g/mol. The molecule has 4 rings (SSSR count). The van der Waals surface area contributed by atoms with Crippen LogP contribution in [0.5, 0.6) is 5.88 Å². The molecule has 2 aliphatic carbocycles. The molecular weight excluding hydrogens is 297 g/mol. The number of aromatic nitrogens is 1. The van der Waals surface area contributed by atoms with Crippen molar-refractivity contribution in [2.45, 2.75) is 37.6 Å². The van der Waals surface area contributed by atoms with E-state index in [0.29, 0.717) is 18.9 Å². The van der Waals surface area contributed by atoms with Gasteiger partial charge >= 0.3 is 0 Å². The van der Waals surface area contributed by atoms with Gasteiger partial charge in [-0.25, -0.2) is 9.37 Å². The number of hydrogen-bond donors (Lipinski definition) is 1. The first-order valence-electron chi connectivity index (χ1n) is 8.16. The molecule has 1 aromatic heterocycles. The SMILES string of the molecule is O[C@H]1CCC2=C(c3ccc(O[C@@H]4CCOC4)nc3)C=CC(F)[C@@H]21. The highest BCUT2D eigenvalue weighted by Gasteiger charge is 2.39. The first kappa shape index (κ1) is 14.8. The van der Waals surface area contributed by atoms with Gasteiger partial charge in [0.2, 0.25) is 5.88 Å². The first-order chi connectivity index (χ1) is 11.2. The van der Waals surface area contributed by atoms with E-state index < -0.39 is 18.2 Å². The third-order valence-electron chi connectivity index (χ3n) is 4.88. The minimum Gasteiger partial charge on any atom is -0.472 e. The van der Waals surface area contributed by atoms with Gasteiger partial charge in [-0.2, -0.15) is 0 Å². The van der Waals surface area contributed by atoms with Crippen LogP contribution in [0.2, 0.25) is 0 Å². The maximum absolute atomic E-state index is 14.0. The standard InChI is InChI=1S/C18H20FNO3/c19-15-4-2-13(14-3-5-16(21)18(14)15)11-1-6-17(20-9-11)23-12-7-8-22-10-12/h1-2,4,6,9,12,15-16,18,21H,3,5,7-8,10H2/t12-,15?,16+,18-/m1/s1. The van der Waals surface area contributed by atoms with Crippen LogP contribution in [0.4, 0.5) is 4.39 Å². The van der Waals surface area contributed by atoms with Crippen molar-refractivity contribution in [2.75, 3.05) is 13.2 Å². The van der Waals surface area contributed by atoms with E-state index in [4.69, 9.17) is 9.47 Å². The zero-order valence-electron chi connectivity index (χ0n) is 12.8. The Morgan fingerprint density at radius 1 is 1.30 bits per heavy atom. The van der Waals surface area contributed by atoms with Gasteiger partial charge in [0.25, 0.3) is 0 Å². The zero-order chi connectivity index (χ0) is 15.8. The van der Waals surface area contributed by atoms with Crippen molar-refractivity contribution in [3.63, 3.8) is 0 Å². The minimum atomic E-state index is -1.09. The summed E-state index contributed by atoms with van der Waals surface area (Å²) in [5.74, 6) is 0.183.